The average Bonchev–Trinajstić information content (AvgIpc) is 3.46. The number of fused-ring (bicyclic) bond motifs is 1. The lowest BCUT2D eigenvalue weighted by molar-refractivity contribution is -0.141. The van der Waals surface area contributed by atoms with Gasteiger partial charge in [-0.3, -0.25) is 4.79 Å². The maximum absolute atomic E-state index is 12.5. The second-order valence-electron chi connectivity index (χ2n) is 8.84. The quantitative estimate of drug-likeness (QED) is 0.307. The first kappa shape index (κ1) is 26.1. The molecule has 3 unspecified atom stereocenters. The molecule has 0 saturated heterocycles. The van der Waals surface area contributed by atoms with Gasteiger partial charge in [0.1, 0.15) is 12.9 Å². The molecule has 2 aliphatic rings. The third-order valence-corrected chi connectivity index (χ3v) is 6.60. The zero-order valence-corrected chi connectivity index (χ0v) is 20.6. The summed E-state index contributed by atoms with van der Waals surface area (Å²) in [5.74, 6) is 0.485. The number of ether oxygens (including phenoxy) is 2. The van der Waals surface area contributed by atoms with Crippen LogP contribution in [0.1, 0.15) is 42.0 Å². The Bertz CT molecular complexity index is 1090. The minimum atomic E-state index is -0.231. The highest BCUT2D eigenvalue weighted by Gasteiger charge is 2.41. The SMILES string of the molecule is C=Cc1ccc(COC(=O)C2=CC3C=C(C=O)CC3C2CC)cc1.C=Cc1ccc(COC)cc1. The van der Waals surface area contributed by atoms with E-state index in [1.807, 2.05) is 66.8 Å². The first-order valence-electron chi connectivity index (χ1n) is 12.0. The number of hydrogen-bond donors (Lipinski definition) is 0. The molecule has 2 aliphatic carbocycles. The maximum atomic E-state index is 12.5. The van der Waals surface area contributed by atoms with E-state index < -0.39 is 0 Å². The van der Waals surface area contributed by atoms with Crippen molar-refractivity contribution >= 4 is 24.4 Å². The molecule has 4 heteroatoms. The van der Waals surface area contributed by atoms with Crippen LogP contribution in [0.15, 0.2) is 85.0 Å². The third kappa shape index (κ3) is 6.77. The average molecular weight is 471 g/mol. The number of allylic oxidation sites excluding steroid dienone is 3. The van der Waals surface area contributed by atoms with Gasteiger partial charge in [-0.1, -0.05) is 92.9 Å². The van der Waals surface area contributed by atoms with Crippen LogP contribution in [0, 0.1) is 17.8 Å². The molecule has 0 heterocycles. The van der Waals surface area contributed by atoms with Crippen molar-refractivity contribution in [3.8, 4) is 0 Å². The highest BCUT2D eigenvalue weighted by Crippen LogP contribution is 2.47. The van der Waals surface area contributed by atoms with Gasteiger partial charge in [0.25, 0.3) is 0 Å². The van der Waals surface area contributed by atoms with Gasteiger partial charge in [0, 0.05) is 12.7 Å². The Kier molecular flexibility index (Phi) is 9.56. The van der Waals surface area contributed by atoms with Crippen LogP contribution in [0.25, 0.3) is 12.2 Å². The number of carbonyl (C=O) groups excluding carboxylic acids is 2. The van der Waals surface area contributed by atoms with Crippen LogP contribution in [-0.4, -0.2) is 19.4 Å². The van der Waals surface area contributed by atoms with E-state index in [0.717, 1.165) is 47.0 Å². The van der Waals surface area contributed by atoms with Crippen molar-refractivity contribution in [2.75, 3.05) is 7.11 Å². The molecule has 0 spiro atoms. The monoisotopic (exact) mass is 470 g/mol. The first-order valence-corrected chi connectivity index (χ1v) is 12.0. The van der Waals surface area contributed by atoms with E-state index in [-0.39, 0.29) is 24.4 Å². The number of carbonyl (C=O) groups is 2. The molecule has 0 amide bonds. The van der Waals surface area contributed by atoms with Crippen LogP contribution >= 0.6 is 0 Å². The van der Waals surface area contributed by atoms with Crippen LogP contribution in [0.5, 0.6) is 0 Å². The van der Waals surface area contributed by atoms with Crippen LogP contribution in [0.2, 0.25) is 0 Å². The largest absolute Gasteiger partial charge is 0.457 e. The second kappa shape index (κ2) is 12.8. The van der Waals surface area contributed by atoms with E-state index in [1.165, 1.54) is 5.56 Å². The number of hydrogen-bond acceptors (Lipinski definition) is 4. The third-order valence-electron chi connectivity index (χ3n) is 6.60. The summed E-state index contributed by atoms with van der Waals surface area (Å²) in [5.41, 5.74) is 5.97. The van der Waals surface area contributed by atoms with Gasteiger partial charge in [0.2, 0.25) is 0 Å². The van der Waals surface area contributed by atoms with Crippen molar-refractivity contribution in [1.82, 2.24) is 0 Å². The summed E-state index contributed by atoms with van der Waals surface area (Å²) >= 11 is 0. The molecule has 0 fully saturated rings. The van der Waals surface area contributed by atoms with Crippen molar-refractivity contribution in [3.63, 3.8) is 0 Å². The van der Waals surface area contributed by atoms with E-state index in [2.05, 4.69) is 20.1 Å². The Morgan fingerprint density at radius 3 is 2.00 bits per heavy atom. The number of benzene rings is 2. The van der Waals surface area contributed by atoms with E-state index in [1.54, 1.807) is 13.2 Å². The standard InChI is InChI=1S/C21H22O3.C10H12O/c1-3-14-5-7-15(8-6-14)13-24-21(23)20-11-17-9-16(12-22)10-19(17)18(20)4-2;1-3-9-4-6-10(7-5-9)8-11-2/h3,5-9,11-12,17-19H,1,4,10,13H2,2H3;3-7H,1,8H2,2H3. The molecule has 0 radical (unpaired) electrons. The molecule has 0 aromatic heterocycles. The zero-order valence-electron chi connectivity index (χ0n) is 20.6. The van der Waals surface area contributed by atoms with Crippen molar-refractivity contribution in [3.05, 3.63) is 107 Å². The van der Waals surface area contributed by atoms with Crippen LogP contribution in [0.4, 0.5) is 0 Å². The molecule has 2 aromatic carbocycles. The first-order chi connectivity index (χ1) is 17.0. The molecule has 2 aromatic rings. The zero-order chi connectivity index (χ0) is 25.2. The number of rotatable bonds is 9. The number of methoxy groups -OCH3 is 1. The highest BCUT2D eigenvalue weighted by molar-refractivity contribution is 5.90. The fraction of sp³-hybridized carbons (Fsp3) is 0.290. The summed E-state index contributed by atoms with van der Waals surface area (Å²) in [4.78, 5) is 23.5. The Morgan fingerprint density at radius 2 is 1.51 bits per heavy atom. The normalized spacial score (nSPS) is 20.0. The molecular formula is C31H34O4. The lowest BCUT2D eigenvalue weighted by atomic mass is 9.85. The summed E-state index contributed by atoms with van der Waals surface area (Å²) in [5, 5.41) is 0. The molecule has 0 N–H and O–H groups in total. The Morgan fingerprint density at radius 1 is 0.943 bits per heavy atom. The summed E-state index contributed by atoms with van der Waals surface area (Å²) in [7, 11) is 1.70. The molecule has 182 valence electrons. The van der Waals surface area contributed by atoms with Gasteiger partial charge in [0.05, 0.1) is 6.61 Å². The van der Waals surface area contributed by atoms with E-state index in [9.17, 15) is 9.59 Å². The molecule has 0 bridgehead atoms. The molecule has 0 saturated carbocycles. The predicted molar refractivity (Wildman–Crippen MR) is 141 cm³/mol. The topological polar surface area (TPSA) is 52.6 Å². The summed E-state index contributed by atoms with van der Waals surface area (Å²) < 4.78 is 10.5. The lowest BCUT2D eigenvalue weighted by Gasteiger charge is -2.20. The van der Waals surface area contributed by atoms with Gasteiger partial charge in [-0.15, -0.1) is 0 Å². The van der Waals surface area contributed by atoms with Crippen LogP contribution < -0.4 is 0 Å². The van der Waals surface area contributed by atoms with Gasteiger partial charge in [0.15, 0.2) is 0 Å². The van der Waals surface area contributed by atoms with E-state index in [0.29, 0.717) is 12.5 Å². The molecule has 35 heavy (non-hydrogen) atoms. The summed E-state index contributed by atoms with van der Waals surface area (Å²) in [6.07, 6.45) is 10.2. The molecule has 4 rings (SSSR count). The molecule has 0 aliphatic heterocycles. The number of aldehydes is 1. The Hall–Kier alpha value is -3.50. The van der Waals surface area contributed by atoms with Gasteiger partial charge in [-0.25, -0.2) is 4.79 Å². The van der Waals surface area contributed by atoms with E-state index in [4.69, 9.17) is 9.47 Å². The van der Waals surface area contributed by atoms with Crippen LogP contribution in [-0.2, 0) is 32.3 Å². The molecule has 4 nitrogen and oxygen atoms in total. The fourth-order valence-electron chi connectivity index (χ4n) is 4.72. The highest BCUT2D eigenvalue weighted by atomic mass is 16.5. The second-order valence-corrected chi connectivity index (χ2v) is 8.84. The van der Waals surface area contributed by atoms with Gasteiger partial charge >= 0.3 is 5.97 Å². The maximum Gasteiger partial charge on any atom is 0.334 e. The minimum absolute atomic E-state index is 0.180. The van der Waals surface area contributed by atoms with Crippen molar-refractivity contribution in [1.29, 1.82) is 0 Å². The minimum Gasteiger partial charge on any atom is -0.457 e. The van der Waals surface area contributed by atoms with Gasteiger partial charge in [-0.05, 0) is 58.4 Å². The van der Waals surface area contributed by atoms with Crippen LogP contribution in [0.3, 0.4) is 0 Å². The molecule has 3 atom stereocenters. The molecular weight excluding hydrogens is 436 g/mol. The predicted octanol–water partition coefficient (Wildman–Crippen LogP) is 6.58. The Labute approximate surface area is 208 Å². The van der Waals surface area contributed by atoms with Crippen molar-refractivity contribution < 1.29 is 19.1 Å². The van der Waals surface area contributed by atoms with Crippen molar-refractivity contribution in [2.24, 2.45) is 17.8 Å². The summed E-state index contributed by atoms with van der Waals surface area (Å²) in [6, 6.07) is 15.9. The number of esters is 1. The lowest BCUT2D eigenvalue weighted by Crippen LogP contribution is -2.18. The smallest absolute Gasteiger partial charge is 0.334 e. The Balaban J connectivity index is 0.000000261. The van der Waals surface area contributed by atoms with E-state index >= 15 is 0 Å². The summed E-state index contributed by atoms with van der Waals surface area (Å²) in [6.45, 7) is 10.4. The van der Waals surface area contributed by atoms with Gasteiger partial charge in [-0.2, -0.15) is 0 Å². The van der Waals surface area contributed by atoms with Gasteiger partial charge < -0.3 is 9.47 Å². The van der Waals surface area contributed by atoms with Crippen molar-refractivity contribution in [2.45, 2.75) is 33.0 Å². The fourth-order valence-corrected chi connectivity index (χ4v) is 4.72.